The van der Waals surface area contributed by atoms with Crippen molar-refractivity contribution in [2.45, 2.75) is 19.6 Å². The summed E-state index contributed by atoms with van der Waals surface area (Å²) in [4.78, 5) is 25.1. The summed E-state index contributed by atoms with van der Waals surface area (Å²) >= 11 is 0. The van der Waals surface area contributed by atoms with E-state index in [0.29, 0.717) is 43.3 Å². The first-order valence-corrected chi connectivity index (χ1v) is 10.3. The van der Waals surface area contributed by atoms with E-state index >= 15 is 0 Å². The number of benzene rings is 1. The summed E-state index contributed by atoms with van der Waals surface area (Å²) < 4.78 is 4.81. The van der Waals surface area contributed by atoms with Crippen molar-refractivity contribution >= 4 is 11.6 Å². The van der Waals surface area contributed by atoms with Crippen LogP contribution in [0.4, 0.5) is 5.69 Å². The minimum absolute atomic E-state index is 0.165. The van der Waals surface area contributed by atoms with Crippen LogP contribution in [0.1, 0.15) is 21.6 Å². The summed E-state index contributed by atoms with van der Waals surface area (Å²) in [5, 5.41) is 19.4. The Morgan fingerprint density at radius 3 is 2.78 bits per heavy atom. The van der Waals surface area contributed by atoms with E-state index in [1.54, 1.807) is 34.9 Å². The maximum absolute atomic E-state index is 12.7. The molecule has 162 valence electrons. The standard InChI is InChI=1S/C22H22N8O2/c1-28-14-19-21(27-28)22(32)23-7-8-29-13-17(11-25-29)18-5-6-20(31)30(26-18)12-16-4-2-3-15(9-16)10-24-19/h2-6,9,11,13-14,24H,7-8,10,12H2,1H3,(H,23,32). The number of aryl methyl sites for hydroxylation is 1. The van der Waals surface area contributed by atoms with Crippen molar-refractivity contribution in [3.63, 3.8) is 0 Å². The Morgan fingerprint density at radius 1 is 1.00 bits per heavy atom. The fraction of sp³-hybridized carbons (Fsp3) is 0.227. The third kappa shape index (κ3) is 4.02. The molecule has 2 N–H and O–H groups in total. The van der Waals surface area contributed by atoms with Gasteiger partial charge in [0.1, 0.15) is 0 Å². The van der Waals surface area contributed by atoms with Crippen molar-refractivity contribution in [2.75, 3.05) is 11.9 Å². The van der Waals surface area contributed by atoms with Crippen molar-refractivity contribution in [1.82, 2.24) is 34.7 Å². The third-order valence-electron chi connectivity index (χ3n) is 5.27. The van der Waals surface area contributed by atoms with Crippen LogP contribution in [0.3, 0.4) is 0 Å². The zero-order valence-electron chi connectivity index (χ0n) is 17.5. The van der Waals surface area contributed by atoms with Crippen LogP contribution in [-0.4, -0.2) is 41.8 Å². The van der Waals surface area contributed by atoms with Crippen LogP contribution >= 0.6 is 0 Å². The SMILES string of the molecule is Cn1cc2c(n1)C(=O)NCCn1cc(cn1)-c1ccc(=O)n(n1)Cc1cccc(c1)CN2. The molecule has 0 saturated carbocycles. The van der Waals surface area contributed by atoms with Crippen LogP contribution in [0.25, 0.3) is 11.3 Å². The van der Waals surface area contributed by atoms with Gasteiger partial charge in [-0.3, -0.25) is 19.0 Å². The Bertz CT molecular complexity index is 1350. The smallest absolute Gasteiger partial charge is 0.274 e. The molecule has 10 heteroatoms. The lowest BCUT2D eigenvalue weighted by molar-refractivity contribution is 0.0947. The highest BCUT2D eigenvalue weighted by Crippen LogP contribution is 2.17. The first-order chi connectivity index (χ1) is 15.5. The van der Waals surface area contributed by atoms with Gasteiger partial charge in [-0.05, 0) is 17.2 Å². The Balaban J connectivity index is 1.53. The highest BCUT2D eigenvalue weighted by molar-refractivity contribution is 5.97. The van der Waals surface area contributed by atoms with Gasteiger partial charge in [-0.2, -0.15) is 15.3 Å². The number of rotatable bonds is 0. The van der Waals surface area contributed by atoms with Gasteiger partial charge in [0, 0.05) is 44.2 Å². The molecule has 32 heavy (non-hydrogen) atoms. The lowest BCUT2D eigenvalue weighted by Gasteiger charge is -2.10. The lowest BCUT2D eigenvalue weighted by Crippen LogP contribution is -2.28. The Hall–Kier alpha value is -4.21. The number of hydrogen-bond donors (Lipinski definition) is 2. The summed E-state index contributed by atoms with van der Waals surface area (Å²) in [5.41, 5.74) is 4.27. The molecule has 4 aromatic rings. The minimum atomic E-state index is -0.246. The van der Waals surface area contributed by atoms with Crippen molar-refractivity contribution < 1.29 is 4.79 Å². The molecule has 3 aromatic heterocycles. The second-order valence-electron chi connectivity index (χ2n) is 7.70. The maximum Gasteiger partial charge on any atom is 0.274 e. The van der Waals surface area contributed by atoms with Crippen LogP contribution in [0, 0.1) is 0 Å². The van der Waals surface area contributed by atoms with Crippen LogP contribution in [0.2, 0.25) is 0 Å². The number of fused-ring (bicyclic) bond motifs is 8. The first kappa shape index (κ1) is 19.7. The fourth-order valence-corrected chi connectivity index (χ4v) is 3.70. The maximum atomic E-state index is 12.7. The molecule has 6 bridgehead atoms. The van der Waals surface area contributed by atoms with Gasteiger partial charge in [-0.15, -0.1) is 0 Å². The molecule has 10 nitrogen and oxygen atoms in total. The first-order valence-electron chi connectivity index (χ1n) is 10.3. The van der Waals surface area contributed by atoms with Crippen molar-refractivity contribution in [2.24, 2.45) is 7.05 Å². The number of carbonyl (C=O) groups is 1. The summed E-state index contributed by atoms with van der Waals surface area (Å²) in [6.07, 6.45) is 5.33. The summed E-state index contributed by atoms with van der Waals surface area (Å²) in [6, 6.07) is 11.1. The quantitative estimate of drug-likeness (QED) is 0.434. The van der Waals surface area contributed by atoms with Gasteiger partial charge >= 0.3 is 0 Å². The van der Waals surface area contributed by atoms with E-state index in [-0.39, 0.29) is 11.5 Å². The molecule has 1 aliphatic heterocycles. The van der Waals surface area contributed by atoms with E-state index in [4.69, 9.17) is 0 Å². The third-order valence-corrected chi connectivity index (χ3v) is 5.27. The van der Waals surface area contributed by atoms with E-state index in [2.05, 4.69) is 25.9 Å². The number of carbonyl (C=O) groups excluding carboxylic acids is 1. The van der Waals surface area contributed by atoms with Crippen molar-refractivity contribution in [3.05, 3.63) is 82.2 Å². The van der Waals surface area contributed by atoms with E-state index in [1.807, 2.05) is 30.5 Å². The van der Waals surface area contributed by atoms with Crippen molar-refractivity contribution in [1.29, 1.82) is 0 Å². The molecule has 1 aromatic carbocycles. The van der Waals surface area contributed by atoms with Crippen LogP contribution in [-0.2, 0) is 26.7 Å². The van der Waals surface area contributed by atoms with E-state index in [0.717, 1.165) is 16.7 Å². The van der Waals surface area contributed by atoms with Gasteiger partial charge in [-0.1, -0.05) is 24.3 Å². The average molecular weight is 430 g/mol. The minimum Gasteiger partial charge on any atom is -0.378 e. The predicted octanol–water partition coefficient (Wildman–Crippen LogP) is 1.24. The largest absolute Gasteiger partial charge is 0.378 e. The second kappa shape index (κ2) is 8.14. The number of nitrogens with one attached hydrogen (secondary N) is 2. The van der Waals surface area contributed by atoms with Gasteiger partial charge in [0.15, 0.2) is 5.69 Å². The molecule has 1 aliphatic rings. The molecule has 0 saturated heterocycles. The summed E-state index contributed by atoms with van der Waals surface area (Å²) in [6.45, 7) is 1.75. The molecular formula is C22H22N8O2. The van der Waals surface area contributed by atoms with E-state index in [1.165, 1.54) is 10.7 Å². The number of amides is 1. The predicted molar refractivity (Wildman–Crippen MR) is 118 cm³/mol. The number of nitrogens with zero attached hydrogens (tertiary/aromatic N) is 6. The van der Waals surface area contributed by atoms with Crippen LogP contribution in [0.5, 0.6) is 0 Å². The highest BCUT2D eigenvalue weighted by atomic mass is 16.2. The molecule has 4 heterocycles. The van der Waals surface area contributed by atoms with Gasteiger partial charge in [0.25, 0.3) is 11.5 Å². The summed E-state index contributed by atoms with van der Waals surface area (Å²) in [5.74, 6) is -0.246. The van der Waals surface area contributed by atoms with Gasteiger partial charge < -0.3 is 10.6 Å². The lowest BCUT2D eigenvalue weighted by atomic mass is 10.1. The molecule has 5 rings (SSSR count). The van der Waals surface area contributed by atoms with Crippen LogP contribution < -0.4 is 16.2 Å². The number of hydrogen-bond acceptors (Lipinski definition) is 6. The zero-order chi connectivity index (χ0) is 22.1. The molecule has 0 spiro atoms. The molecule has 0 unspecified atom stereocenters. The number of anilines is 1. The normalized spacial score (nSPS) is 14.0. The average Bonchev–Trinajstić information content (AvgIpc) is 3.40. The van der Waals surface area contributed by atoms with Crippen molar-refractivity contribution in [3.8, 4) is 11.3 Å². The summed E-state index contributed by atoms with van der Waals surface area (Å²) in [7, 11) is 1.78. The molecule has 0 atom stereocenters. The molecular weight excluding hydrogens is 408 g/mol. The molecule has 1 amide bonds. The van der Waals surface area contributed by atoms with E-state index in [9.17, 15) is 9.59 Å². The van der Waals surface area contributed by atoms with Gasteiger partial charge in [0.05, 0.1) is 30.7 Å². The Labute approximate surface area is 183 Å². The molecule has 0 radical (unpaired) electrons. The Kier molecular flexibility index (Phi) is 5.02. The fourth-order valence-electron chi connectivity index (χ4n) is 3.70. The Morgan fingerprint density at radius 2 is 1.88 bits per heavy atom. The zero-order valence-corrected chi connectivity index (χ0v) is 17.5. The van der Waals surface area contributed by atoms with E-state index < -0.39 is 0 Å². The van der Waals surface area contributed by atoms with Gasteiger partial charge in [-0.25, -0.2) is 4.68 Å². The number of aromatic nitrogens is 6. The monoisotopic (exact) mass is 430 g/mol. The van der Waals surface area contributed by atoms with Gasteiger partial charge in [0.2, 0.25) is 0 Å². The second-order valence-corrected chi connectivity index (χ2v) is 7.70. The molecule has 0 aliphatic carbocycles. The topological polar surface area (TPSA) is 112 Å². The van der Waals surface area contributed by atoms with Crippen LogP contribution in [0.15, 0.2) is 59.8 Å². The molecule has 0 fully saturated rings. The highest BCUT2D eigenvalue weighted by Gasteiger charge is 2.16.